The SMILES string of the molecule is O=C(O)C(F)(F)F.c1csc(CN2CCO[C@H]3[C@H](OCC4CCOCC4)CC[C@@H]32)n1. The summed E-state index contributed by atoms with van der Waals surface area (Å²) in [6.45, 7) is 5.42. The van der Waals surface area contributed by atoms with Gasteiger partial charge in [-0.05, 0) is 31.6 Å². The molecule has 0 spiro atoms. The summed E-state index contributed by atoms with van der Waals surface area (Å²) in [5, 5.41) is 10.4. The predicted molar refractivity (Wildman–Crippen MR) is 102 cm³/mol. The normalized spacial score (nSPS) is 27.9. The molecule has 4 rings (SSSR count). The zero-order valence-electron chi connectivity index (χ0n) is 16.6. The highest BCUT2D eigenvalue weighted by Gasteiger charge is 2.43. The van der Waals surface area contributed by atoms with Crippen LogP contribution in [0.4, 0.5) is 13.2 Å². The maximum absolute atomic E-state index is 10.6. The number of fused-ring (bicyclic) bond motifs is 1. The Bertz CT molecular complexity index is 655. The van der Waals surface area contributed by atoms with Gasteiger partial charge in [0.05, 0.1) is 32.0 Å². The summed E-state index contributed by atoms with van der Waals surface area (Å²) in [5.74, 6) is -2.09. The molecule has 0 aromatic carbocycles. The standard InChI is InChI=1S/C17H26N2O3S.C2HF3O2/c1-2-15(22-12-13-3-7-20-8-4-13)17-14(1)19(6-9-21-17)11-16-18-5-10-23-16;3-2(4,5)1(6)7/h5,10,13-15,17H,1-4,6-9,11-12H2;(H,6,7)/t14-,15+,17+;/m0./s1. The number of carboxylic acids is 1. The maximum atomic E-state index is 10.6. The third-order valence-corrected chi connectivity index (χ3v) is 6.37. The van der Waals surface area contributed by atoms with Gasteiger partial charge in [0.1, 0.15) is 5.01 Å². The van der Waals surface area contributed by atoms with Gasteiger partial charge in [-0.1, -0.05) is 0 Å². The maximum Gasteiger partial charge on any atom is 0.490 e. The number of carboxylic acid groups (broad SMARTS) is 1. The molecule has 7 nitrogen and oxygen atoms in total. The molecule has 2 aliphatic heterocycles. The monoisotopic (exact) mass is 452 g/mol. The molecule has 3 aliphatic rings. The van der Waals surface area contributed by atoms with Crippen molar-refractivity contribution < 1.29 is 37.3 Å². The molecule has 1 aliphatic carbocycles. The van der Waals surface area contributed by atoms with E-state index in [4.69, 9.17) is 24.1 Å². The number of morpholine rings is 1. The number of aliphatic carboxylic acids is 1. The van der Waals surface area contributed by atoms with Crippen LogP contribution in [0.3, 0.4) is 0 Å². The Morgan fingerprint density at radius 2 is 2.00 bits per heavy atom. The fourth-order valence-corrected chi connectivity index (χ4v) is 4.68. The molecule has 30 heavy (non-hydrogen) atoms. The first-order valence-corrected chi connectivity index (χ1v) is 11.0. The van der Waals surface area contributed by atoms with E-state index in [1.165, 1.54) is 11.4 Å². The highest BCUT2D eigenvalue weighted by molar-refractivity contribution is 7.09. The van der Waals surface area contributed by atoms with Crippen molar-refractivity contribution >= 4 is 17.3 Å². The Morgan fingerprint density at radius 1 is 1.27 bits per heavy atom. The second kappa shape index (κ2) is 10.9. The first kappa shape index (κ1) is 23.4. The van der Waals surface area contributed by atoms with E-state index in [0.717, 1.165) is 58.8 Å². The van der Waals surface area contributed by atoms with E-state index in [1.54, 1.807) is 11.3 Å². The Kier molecular flexibility index (Phi) is 8.46. The van der Waals surface area contributed by atoms with Crippen molar-refractivity contribution in [3.05, 3.63) is 16.6 Å². The molecule has 0 radical (unpaired) electrons. The second-order valence-electron chi connectivity index (χ2n) is 7.61. The Morgan fingerprint density at radius 3 is 2.63 bits per heavy atom. The Hall–Kier alpha value is -1.27. The number of alkyl halides is 3. The fourth-order valence-electron chi connectivity index (χ4n) is 4.04. The molecule has 170 valence electrons. The number of carbonyl (C=O) groups is 1. The van der Waals surface area contributed by atoms with E-state index < -0.39 is 12.1 Å². The van der Waals surface area contributed by atoms with Crippen molar-refractivity contribution in [3.63, 3.8) is 0 Å². The van der Waals surface area contributed by atoms with Crippen LogP contribution >= 0.6 is 11.3 Å². The topological polar surface area (TPSA) is 81.1 Å². The van der Waals surface area contributed by atoms with Gasteiger partial charge in [-0.3, -0.25) is 4.90 Å². The number of ether oxygens (including phenoxy) is 3. The van der Waals surface area contributed by atoms with E-state index in [-0.39, 0.29) is 12.2 Å². The van der Waals surface area contributed by atoms with Crippen LogP contribution in [-0.2, 0) is 25.5 Å². The average molecular weight is 452 g/mol. The van der Waals surface area contributed by atoms with Gasteiger partial charge in [0, 0.05) is 37.4 Å². The van der Waals surface area contributed by atoms with Gasteiger partial charge in [-0.15, -0.1) is 11.3 Å². The number of halogens is 3. The fraction of sp³-hybridized carbons (Fsp3) is 0.789. The summed E-state index contributed by atoms with van der Waals surface area (Å²) in [4.78, 5) is 15.9. The summed E-state index contributed by atoms with van der Waals surface area (Å²) < 4.78 is 49.5. The molecule has 2 saturated heterocycles. The Labute approximate surface area is 177 Å². The predicted octanol–water partition coefficient (Wildman–Crippen LogP) is 2.95. The van der Waals surface area contributed by atoms with E-state index in [0.29, 0.717) is 12.0 Å². The average Bonchev–Trinajstić information content (AvgIpc) is 3.37. The molecule has 3 atom stereocenters. The number of nitrogens with zero attached hydrogens (tertiary/aromatic N) is 2. The van der Waals surface area contributed by atoms with Crippen molar-refractivity contribution in [2.75, 3.05) is 33.0 Å². The molecule has 1 aromatic rings. The summed E-state index contributed by atoms with van der Waals surface area (Å²) in [6, 6.07) is 0.493. The van der Waals surface area contributed by atoms with Gasteiger partial charge < -0.3 is 19.3 Å². The smallest absolute Gasteiger partial charge is 0.475 e. The number of thiazole rings is 1. The van der Waals surface area contributed by atoms with Crippen LogP contribution in [0.1, 0.15) is 30.7 Å². The van der Waals surface area contributed by atoms with E-state index >= 15 is 0 Å². The summed E-state index contributed by atoms with van der Waals surface area (Å²) in [5.41, 5.74) is 0. The van der Waals surface area contributed by atoms with Crippen LogP contribution in [0.5, 0.6) is 0 Å². The third-order valence-electron chi connectivity index (χ3n) is 5.60. The van der Waals surface area contributed by atoms with E-state index in [2.05, 4.69) is 15.3 Å². The molecule has 0 unspecified atom stereocenters. The van der Waals surface area contributed by atoms with Crippen LogP contribution in [0.25, 0.3) is 0 Å². The molecule has 0 bridgehead atoms. The van der Waals surface area contributed by atoms with Gasteiger partial charge in [0.25, 0.3) is 0 Å². The number of hydrogen-bond acceptors (Lipinski definition) is 7. The molecular formula is C19H27F3N2O5S. The Balaban J connectivity index is 0.000000318. The lowest BCUT2D eigenvalue weighted by Gasteiger charge is -2.38. The van der Waals surface area contributed by atoms with E-state index in [9.17, 15) is 13.2 Å². The second-order valence-corrected chi connectivity index (χ2v) is 8.59. The minimum atomic E-state index is -5.08. The number of aromatic nitrogens is 1. The van der Waals surface area contributed by atoms with Crippen molar-refractivity contribution in [3.8, 4) is 0 Å². The largest absolute Gasteiger partial charge is 0.490 e. The van der Waals surface area contributed by atoms with Crippen molar-refractivity contribution in [1.29, 1.82) is 0 Å². The van der Waals surface area contributed by atoms with Gasteiger partial charge in [0.2, 0.25) is 0 Å². The minimum Gasteiger partial charge on any atom is -0.475 e. The molecule has 11 heteroatoms. The lowest BCUT2D eigenvalue weighted by molar-refractivity contribution is -0.192. The lowest BCUT2D eigenvalue weighted by atomic mass is 10.0. The van der Waals surface area contributed by atoms with E-state index in [1.807, 2.05) is 6.20 Å². The molecule has 0 amide bonds. The zero-order valence-corrected chi connectivity index (χ0v) is 17.4. The van der Waals surface area contributed by atoms with Gasteiger partial charge in [0.15, 0.2) is 0 Å². The van der Waals surface area contributed by atoms with Gasteiger partial charge in [-0.2, -0.15) is 13.2 Å². The lowest BCUT2D eigenvalue weighted by Crippen LogP contribution is -2.51. The highest BCUT2D eigenvalue weighted by Crippen LogP contribution is 2.33. The van der Waals surface area contributed by atoms with Crippen molar-refractivity contribution in [2.24, 2.45) is 5.92 Å². The minimum absolute atomic E-state index is 0.239. The van der Waals surface area contributed by atoms with Crippen LogP contribution in [-0.4, -0.2) is 78.4 Å². The molecule has 3 heterocycles. The quantitative estimate of drug-likeness (QED) is 0.736. The first-order chi connectivity index (χ1) is 14.3. The summed E-state index contributed by atoms with van der Waals surface area (Å²) in [6.07, 6.45) is 1.88. The van der Waals surface area contributed by atoms with Gasteiger partial charge in [-0.25, -0.2) is 9.78 Å². The van der Waals surface area contributed by atoms with Crippen LogP contribution < -0.4 is 0 Å². The highest BCUT2D eigenvalue weighted by atomic mass is 32.1. The molecule has 1 N–H and O–H groups in total. The number of hydrogen-bond donors (Lipinski definition) is 1. The summed E-state index contributed by atoms with van der Waals surface area (Å²) in [7, 11) is 0. The first-order valence-electron chi connectivity index (χ1n) is 10.1. The van der Waals surface area contributed by atoms with Crippen LogP contribution in [0, 0.1) is 5.92 Å². The van der Waals surface area contributed by atoms with Gasteiger partial charge >= 0.3 is 12.1 Å². The molecule has 1 saturated carbocycles. The molecule has 1 aromatic heterocycles. The third kappa shape index (κ3) is 6.61. The summed E-state index contributed by atoms with van der Waals surface area (Å²) >= 11 is 1.74. The van der Waals surface area contributed by atoms with Crippen molar-refractivity contribution in [2.45, 2.75) is 56.7 Å². The molecular weight excluding hydrogens is 425 g/mol. The zero-order chi connectivity index (χ0) is 21.6. The molecule has 3 fully saturated rings. The van der Waals surface area contributed by atoms with Crippen molar-refractivity contribution in [1.82, 2.24) is 9.88 Å². The van der Waals surface area contributed by atoms with Crippen LogP contribution in [0.2, 0.25) is 0 Å². The van der Waals surface area contributed by atoms with Crippen LogP contribution in [0.15, 0.2) is 11.6 Å². The number of rotatable bonds is 5.